The molecule has 1 aliphatic rings. The second-order valence-electron chi connectivity index (χ2n) is 4.34. The van der Waals surface area contributed by atoms with Gasteiger partial charge in [0.1, 0.15) is 0 Å². The zero-order valence-corrected chi connectivity index (χ0v) is 12.1. The third-order valence-electron chi connectivity index (χ3n) is 2.89. The number of hydrogen-bond acceptors (Lipinski definition) is 2. The highest BCUT2D eigenvalue weighted by Gasteiger charge is 2.15. The minimum absolute atomic E-state index is 0.0680. The number of aliphatic hydroxyl groups is 1. The van der Waals surface area contributed by atoms with Gasteiger partial charge in [0, 0.05) is 24.1 Å². The van der Waals surface area contributed by atoms with Gasteiger partial charge in [-0.1, -0.05) is 40.2 Å². The molecule has 1 heterocycles. The summed E-state index contributed by atoms with van der Waals surface area (Å²) in [5.41, 5.74) is 0. The highest BCUT2D eigenvalue weighted by atomic mass is 79.9. The van der Waals surface area contributed by atoms with E-state index >= 15 is 0 Å². The van der Waals surface area contributed by atoms with Crippen LogP contribution in [0.4, 0.5) is 0 Å². The van der Waals surface area contributed by atoms with Gasteiger partial charge in [0.05, 0.1) is 6.10 Å². The van der Waals surface area contributed by atoms with Crippen molar-refractivity contribution in [3.05, 3.63) is 34.9 Å². The Morgan fingerprint density at radius 3 is 2.76 bits per heavy atom. The Kier molecular flexibility index (Phi) is 7.49. The maximum atomic E-state index is 9.39. The first-order valence-corrected chi connectivity index (χ1v) is 7.07. The quantitative estimate of drug-likeness (QED) is 0.788. The molecule has 0 aromatic rings. The molecule has 17 heavy (non-hydrogen) atoms. The van der Waals surface area contributed by atoms with Crippen molar-refractivity contribution < 1.29 is 5.11 Å². The summed E-state index contributed by atoms with van der Waals surface area (Å²) in [5, 5.41) is 9.39. The molecule has 0 aliphatic carbocycles. The largest absolute Gasteiger partial charge is 0.393 e. The van der Waals surface area contributed by atoms with E-state index in [-0.39, 0.29) is 6.10 Å². The van der Waals surface area contributed by atoms with Crippen LogP contribution < -0.4 is 0 Å². The molecule has 1 rings (SSSR count). The van der Waals surface area contributed by atoms with E-state index in [1.54, 1.807) is 0 Å². The van der Waals surface area contributed by atoms with E-state index in [9.17, 15) is 5.11 Å². The van der Waals surface area contributed by atoms with Gasteiger partial charge in [-0.25, -0.2) is 0 Å². The van der Waals surface area contributed by atoms with Gasteiger partial charge in [0.15, 0.2) is 0 Å². The van der Waals surface area contributed by atoms with Crippen molar-refractivity contribution in [1.29, 1.82) is 0 Å². The van der Waals surface area contributed by atoms with Gasteiger partial charge in [-0.3, -0.25) is 0 Å². The Morgan fingerprint density at radius 1 is 1.41 bits per heavy atom. The Bertz CT molecular complexity index is 289. The van der Waals surface area contributed by atoms with Crippen LogP contribution in [0.5, 0.6) is 0 Å². The van der Waals surface area contributed by atoms with Crippen LogP contribution in [0.2, 0.25) is 0 Å². The smallest absolute Gasteiger partial charge is 0.0564 e. The van der Waals surface area contributed by atoms with E-state index in [2.05, 4.69) is 39.1 Å². The van der Waals surface area contributed by atoms with Crippen molar-refractivity contribution in [3.8, 4) is 0 Å². The fourth-order valence-corrected chi connectivity index (χ4v) is 2.29. The van der Waals surface area contributed by atoms with Crippen LogP contribution in [-0.2, 0) is 0 Å². The molecule has 0 saturated carbocycles. The fraction of sp³-hybridized carbons (Fsp3) is 0.571. The van der Waals surface area contributed by atoms with Gasteiger partial charge in [-0.05, 0) is 32.3 Å². The van der Waals surface area contributed by atoms with Crippen LogP contribution in [0.15, 0.2) is 34.9 Å². The van der Waals surface area contributed by atoms with E-state index < -0.39 is 0 Å². The van der Waals surface area contributed by atoms with Gasteiger partial charge >= 0.3 is 0 Å². The first-order chi connectivity index (χ1) is 8.22. The van der Waals surface area contributed by atoms with Crippen molar-refractivity contribution in [2.75, 3.05) is 19.6 Å². The third-order valence-corrected chi connectivity index (χ3v) is 3.42. The highest BCUT2D eigenvalue weighted by Crippen LogP contribution is 2.10. The fourth-order valence-electron chi connectivity index (χ4n) is 1.87. The lowest BCUT2D eigenvalue weighted by molar-refractivity contribution is 0.0835. The van der Waals surface area contributed by atoms with Crippen molar-refractivity contribution >= 4 is 15.9 Å². The number of hydrogen-bond donors (Lipinski definition) is 1. The summed E-state index contributed by atoms with van der Waals surface area (Å²) in [5.74, 6) is 0. The van der Waals surface area contributed by atoms with Crippen LogP contribution >= 0.6 is 15.9 Å². The Labute approximate surface area is 113 Å². The SMILES string of the molecule is C\C=C/C(Br)=C\C=C\CCN1CCC(O)CC1. The molecule has 1 saturated heterocycles. The van der Waals surface area contributed by atoms with E-state index in [1.165, 1.54) is 0 Å². The second kappa shape index (κ2) is 8.67. The second-order valence-corrected chi connectivity index (χ2v) is 5.26. The summed E-state index contributed by atoms with van der Waals surface area (Å²) in [6, 6.07) is 0. The normalized spacial score (nSPS) is 20.8. The average molecular weight is 300 g/mol. The molecule has 0 bridgehead atoms. The number of piperidine rings is 1. The lowest BCUT2D eigenvalue weighted by atomic mass is 10.1. The first-order valence-electron chi connectivity index (χ1n) is 6.28. The van der Waals surface area contributed by atoms with Gasteiger partial charge in [0.25, 0.3) is 0 Å². The van der Waals surface area contributed by atoms with Crippen LogP contribution in [0.1, 0.15) is 26.2 Å². The average Bonchev–Trinajstić information content (AvgIpc) is 2.31. The minimum atomic E-state index is -0.0680. The molecule has 1 N–H and O–H groups in total. The first kappa shape index (κ1) is 14.7. The summed E-state index contributed by atoms with van der Waals surface area (Å²) in [4.78, 5) is 2.42. The molecule has 96 valence electrons. The Hall–Kier alpha value is -0.380. The van der Waals surface area contributed by atoms with Crippen LogP contribution in [0, 0.1) is 0 Å². The van der Waals surface area contributed by atoms with Crippen molar-refractivity contribution in [2.45, 2.75) is 32.3 Å². The molecular weight excluding hydrogens is 278 g/mol. The van der Waals surface area contributed by atoms with Crippen molar-refractivity contribution in [3.63, 3.8) is 0 Å². The molecule has 1 fully saturated rings. The molecule has 0 aromatic heterocycles. The number of nitrogens with zero attached hydrogens (tertiary/aromatic N) is 1. The van der Waals surface area contributed by atoms with Crippen LogP contribution in [-0.4, -0.2) is 35.7 Å². The molecule has 0 amide bonds. The summed E-state index contributed by atoms with van der Waals surface area (Å²) >= 11 is 3.46. The van der Waals surface area contributed by atoms with Gasteiger partial charge in [0.2, 0.25) is 0 Å². The number of halogens is 1. The lowest BCUT2D eigenvalue weighted by Crippen LogP contribution is -2.36. The van der Waals surface area contributed by atoms with E-state index in [0.29, 0.717) is 0 Å². The molecule has 0 atom stereocenters. The molecule has 3 heteroatoms. The molecular formula is C14H22BrNO. The van der Waals surface area contributed by atoms with Crippen molar-refractivity contribution in [1.82, 2.24) is 4.90 Å². The predicted octanol–water partition coefficient (Wildman–Crippen LogP) is 3.24. The zero-order valence-electron chi connectivity index (χ0n) is 10.5. The number of allylic oxidation sites excluding steroid dienone is 5. The Balaban J connectivity index is 2.15. The van der Waals surface area contributed by atoms with Gasteiger partial charge in [-0.15, -0.1) is 0 Å². The standard InChI is InChI=1S/C14H22BrNO/c1-2-6-13(15)7-4-3-5-10-16-11-8-14(17)9-12-16/h2-4,6-7,14,17H,5,8-12H2,1H3/b4-3+,6-2-,13-7+. The Morgan fingerprint density at radius 2 is 2.12 bits per heavy atom. The molecule has 0 spiro atoms. The number of likely N-dealkylation sites (tertiary alicyclic amines) is 1. The van der Waals surface area contributed by atoms with E-state index in [4.69, 9.17) is 0 Å². The highest BCUT2D eigenvalue weighted by molar-refractivity contribution is 9.11. The topological polar surface area (TPSA) is 23.5 Å². The summed E-state index contributed by atoms with van der Waals surface area (Å²) < 4.78 is 1.09. The monoisotopic (exact) mass is 299 g/mol. The van der Waals surface area contributed by atoms with Gasteiger partial charge < -0.3 is 10.0 Å². The molecule has 1 aliphatic heterocycles. The minimum Gasteiger partial charge on any atom is -0.393 e. The van der Waals surface area contributed by atoms with Crippen molar-refractivity contribution in [2.24, 2.45) is 0 Å². The molecule has 2 nitrogen and oxygen atoms in total. The number of aliphatic hydroxyl groups excluding tert-OH is 1. The number of rotatable bonds is 5. The lowest BCUT2D eigenvalue weighted by Gasteiger charge is -2.28. The molecule has 0 unspecified atom stereocenters. The summed E-state index contributed by atoms with van der Waals surface area (Å²) in [6.07, 6.45) is 13.2. The maximum absolute atomic E-state index is 9.39. The maximum Gasteiger partial charge on any atom is 0.0564 e. The van der Waals surface area contributed by atoms with E-state index in [1.807, 2.05) is 19.1 Å². The molecule has 0 radical (unpaired) electrons. The molecule has 0 aromatic carbocycles. The summed E-state index contributed by atoms with van der Waals surface area (Å²) in [7, 11) is 0. The third kappa shape index (κ3) is 6.81. The summed E-state index contributed by atoms with van der Waals surface area (Å²) in [6.45, 7) is 5.17. The van der Waals surface area contributed by atoms with Crippen LogP contribution in [0.25, 0.3) is 0 Å². The van der Waals surface area contributed by atoms with E-state index in [0.717, 1.165) is 43.4 Å². The predicted molar refractivity (Wildman–Crippen MR) is 77.3 cm³/mol. The van der Waals surface area contributed by atoms with Crippen LogP contribution in [0.3, 0.4) is 0 Å². The zero-order chi connectivity index (χ0) is 12.5. The van der Waals surface area contributed by atoms with Gasteiger partial charge in [-0.2, -0.15) is 0 Å².